The van der Waals surface area contributed by atoms with Gasteiger partial charge in [-0.3, -0.25) is 4.79 Å². The van der Waals surface area contributed by atoms with Crippen molar-refractivity contribution in [2.24, 2.45) is 0 Å². The molecule has 1 aromatic rings. The van der Waals surface area contributed by atoms with Crippen LogP contribution in [0.15, 0.2) is 18.2 Å². The third kappa shape index (κ3) is 5.99. The first kappa shape index (κ1) is 14.9. The number of benzene rings is 1. The van der Waals surface area contributed by atoms with E-state index >= 15 is 0 Å². The van der Waals surface area contributed by atoms with E-state index in [1.165, 1.54) is 5.56 Å². The predicted octanol–water partition coefficient (Wildman–Crippen LogP) is 4.45. The largest absolute Gasteiger partial charge is 0.326 e. The van der Waals surface area contributed by atoms with Crippen molar-refractivity contribution in [2.75, 3.05) is 5.32 Å². The van der Waals surface area contributed by atoms with Crippen LogP contribution in [0.3, 0.4) is 0 Å². The molecule has 0 saturated carbocycles. The second-order valence-corrected chi connectivity index (χ2v) is 16.3. The molecule has 0 spiro atoms. The Morgan fingerprint density at radius 3 is 2.44 bits per heavy atom. The second kappa shape index (κ2) is 6.17. The maximum atomic E-state index is 10.9. The summed E-state index contributed by atoms with van der Waals surface area (Å²) in [4.78, 5) is 10.9. The van der Waals surface area contributed by atoms with Gasteiger partial charge in [0.15, 0.2) is 0 Å². The molecule has 0 fully saturated rings. The van der Waals surface area contributed by atoms with E-state index in [0.717, 1.165) is 11.3 Å². The molecule has 0 aromatic heterocycles. The summed E-state index contributed by atoms with van der Waals surface area (Å²) in [6.45, 7) is 4.17. The zero-order valence-electron chi connectivity index (χ0n) is 8.98. The first-order chi connectivity index (χ1) is 7.25. The van der Waals surface area contributed by atoms with Crippen molar-refractivity contribution < 1.29 is 4.79 Å². The minimum absolute atomic E-state index is 0.102. The Hall–Kier alpha value is 0.880. The first-order valence-corrected chi connectivity index (χ1v) is 7.95. The summed E-state index contributed by atoms with van der Waals surface area (Å²) in [5.41, 5.74) is 3.28. The molecule has 5 heteroatoms. The number of carbonyl (C=O) groups is 1. The van der Waals surface area contributed by atoms with E-state index in [-0.39, 0.29) is 5.91 Å². The van der Waals surface area contributed by atoms with Crippen molar-refractivity contribution in [3.05, 3.63) is 29.3 Å². The van der Waals surface area contributed by atoms with Crippen LogP contribution in [-0.4, -0.2) is 5.34 Å². The second-order valence-electron chi connectivity index (χ2n) is 3.67. The molecule has 0 aliphatic carbocycles. The summed E-state index contributed by atoms with van der Waals surface area (Å²) < 4.78 is 0.410. The van der Waals surface area contributed by atoms with Crippen molar-refractivity contribution in [3.8, 4) is 0 Å². The molecule has 1 heterocycles. The number of alkyl halides is 3. The molecule has 1 aliphatic rings. The van der Waals surface area contributed by atoms with Crippen LogP contribution in [0, 0.1) is 6.92 Å². The fourth-order valence-electron chi connectivity index (χ4n) is 1.33. The normalized spacial score (nSPS) is 13.7. The van der Waals surface area contributed by atoms with Crippen molar-refractivity contribution in [1.82, 2.24) is 0 Å². The van der Waals surface area contributed by atoms with Gasteiger partial charge in [-0.2, -0.15) is 0 Å². The highest BCUT2D eigenvalue weighted by atomic mass is 127. The minimum atomic E-state index is 0.102. The number of fused-ring (bicyclic) bond motifs is 1. The molecule has 1 N–H and O–H groups in total. The summed E-state index contributed by atoms with van der Waals surface area (Å²) in [5.74, 6) is 0.102. The Morgan fingerprint density at radius 1 is 1.31 bits per heavy atom. The fourth-order valence-corrected chi connectivity index (χ4v) is 1.33. The van der Waals surface area contributed by atoms with Crippen molar-refractivity contribution >= 4 is 79.4 Å². The molecule has 1 aliphatic heterocycles. The Balaban J connectivity index is 0.000000221. The number of anilines is 1. The van der Waals surface area contributed by atoms with E-state index in [1.54, 1.807) is 0 Å². The average molecular weight is 555 g/mol. The minimum Gasteiger partial charge on any atom is -0.326 e. The van der Waals surface area contributed by atoms with Gasteiger partial charge in [0.2, 0.25) is 5.91 Å². The maximum absolute atomic E-state index is 10.9. The van der Waals surface area contributed by atoms with Crippen LogP contribution < -0.4 is 5.32 Å². The van der Waals surface area contributed by atoms with Crippen molar-refractivity contribution in [1.29, 1.82) is 0 Å². The Morgan fingerprint density at radius 2 is 1.88 bits per heavy atom. The highest BCUT2D eigenvalue weighted by Gasteiger charge is 2.16. The zero-order chi connectivity index (χ0) is 12.3. The van der Waals surface area contributed by atoms with Gasteiger partial charge in [0.1, 0.15) is -0.565 Å². The molecule has 2 rings (SSSR count). The highest BCUT2D eigenvalue weighted by molar-refractivity contribution is 14.3. The van der Waals surface area contributed by atoms with Crippen molar-refractivity contribution in [2.45, 2.75) is 19.7 Å². The molecule has 0 atom stereocenters. The monoisotopic (exact) mass is 555 g/mol. The maximum Gasteiger partial charge on any atom is 0.228 e. The molecule has 88 valence electrons. The Labute approximate surface area is 137 Å². The molecule has 1 amide bonds. The third-order valence-corrected chi connectivity index (χ3v) is 1.89. The molecule has 0 saturated heterocycles. The first-order valence-electron chi connectivity index (χ1n) is 4.72. The van der Waals surface area contributed by atoms with Crippen LogP contribution in [0.5, 0.6) is 0 Å². The van der Waals surface area contributed by atoms with E-state index < -0.39 is 0 Å². The number of rotatable bonds is 0. The number of nitrogens with one attached hydrogen (secondary N) is 1. The Kier molecular flexibility index (Phi) is 5.76. The molecule has 0 unspecified atom stereocenters. The fraction of sp³-hybridized carbons (Fsp3) is 0.364. The number of halogens is 3. The summed E-state index contributed by atoms with van der Waals surface area (Å²) in [5, 5.41) is 2.80. The van der Waals surface area contributed by atoms with Gasteiger partial charge < -0.3 is 5.32 Å². The van der Waals surface area contributed by atoms with Crippen LogP contribution in [0.4, 0.5) is 5.69 Å². The molecule has 0 radical (unpaired) electrons. The van der Waals surface area contributed by atoms with E-state index in [2.05, 4.69) is 80.0 Å². The molecule has 1 aromatic carbocycles. The predicted molar refractivity (Wildman–Crippen MR) is 94.0 cm³/mol. The topological polar surface area (TPSA) is 29.1 Å². The lowest BCUT2D eigenvalue weighted by Gasteiger charge is -1.97. The van der Waals surface area contributed by atoms with Gasteiger partial charge in [0.05, 0.1) is 6.42 Å². The van der Waals surface area contributed by atoms with E-state index in [0.29, 0.717) is 5.86 Å². The summed E-state index contributed by atoms with van der Waals surface area (Å²) in [7, 11) is 0. The molecule has 0 bridgehead atoms. The van der Waals surface area contributed by atoms with Crippen LogP contribution in [0.25, 0.3) is 0 Å². The number of aryl methyl sites for hydroxylation is 1. The van der Waals surface area contributed by atoms with Gasteiger partial charge in [-0.1, -0.05) is 79.9 Å². The quantitative estimate of drug-likeness (QED) is 0.373. The molecular formula is C11H12I3NO. The van der Waals surface area contributed by atoms with Gasteiger partial charge in [-0.15, -0.1) is 0 Å². The van der Waals surface area contributed by atoms with Crippen LogP contribution >= 0.6 is 67.8 Å². The standard InChI is InChI=1S/C9H9NO.C2H3I3/c1-6-2-3-7-5-9(11)10-8(7)4-6;1-2(3,4)5/h2-4H,5H2,1H3,(H,10,11);1H3. The van der Waals surface area contributed by atoms with Gasteiger partial charge in [0.25, 0.3) is 0 Å². The van der Waals surface area contributed by atoms with E-state index in [9.17, 15) is 4.79 Å². The lowest BCUT2D eigenvalue weighted by atomic mass is 10.1. The third-order valence-electron chi connectivity index (χ3n) is 1.89. The summed E-state index contributed by atoms with van der Waals surface area (Å²) in [6.07, 6.45) is 0.537. The highest BCUT2D eigenvalue weighted by Crippen LogP contribution is 2.33. The molecule has 2 nitrogen and oxygen atoms in total. The zero-order valence-corrected chi connectivity index (χ0v) is 15.5. The van der Waals surface area contributed by atoms with Crippen LogP contribution in [0.2, 0.25) is 0 Å². The lowest BCUT2D eigenvalue weighted by molar-refractivity contribution is -0.115. The lowest BCUT2D eigenvalue weighted by Crippen LogP contribution is -2.03. The van der Waals surface area contributed by atoms with Crippen LogP contribution in [-0.2, 0) is 11.2 Å². The number of amides is 1. The number of hydrogen-bond donors (Lipinski definition) is 1. The summed E-state index contributed by atoms with van der Waals surface area (Å²) in [6, 6.07) is 6.03. The molecular weight excluding hydrogens is 543 g/mol. The van der Waals surface area contributed by atoms with Crippen LogP contribution in [0.1, 0.15) is 18.1 Å². The van der Waals surface area contributed by atoms with E-state index in [4.69, 9.17) is 0 Å². The van der Waals surface area contributed by atoms with Gasteiger partial charge in [-0.25, -0.2) is 0 Å². The van der Waals surface area contributed by atoms with Crippen molar-refractivity contribution in [3.63, 3.8) is 0 Å². The average Bonchev–Trinajstić information content (AvgIpc) is 2.40. The Bertz CT molecular complexity index is 393. The molecule has 16 heavy (non-hydrogen) atoms. The van der Waals surface area contributed by atoms with Gasteiger partial charge in [0, 0.05) is 5.69 Å². The summed E-state index contributed by atoms with van der Waals surface area (Å²) >= 11 is 7.05. The smallest absolute Gasteiger partial charge is 0.228 e. The van der Waals surface area contributed by atoms with Gasteiger partial charge >= 0.3 is 0 Å². The number of hydrogen-bond acceptors (Lipinski definition) is 1. The van der Waals surface area contributed by atoms with E-state index in [1.807, 2.05) is 25.1 Å². The SMILES string of the molecule is CC(I)(I)I.Cc1ccc2c(c1)NC(=O)C2. The number of carbonyl (C=O) groups excluding carboxylic acids is 1. The van der Waals surface area contributed by atoms with Gasteiger partial charge in [-0.05, 0) is 31.0 Å².